The normalized spacial score (nSPS) is 23.5. The van der Waals surface area contributed by atoms with Crippen molar-refractivity contribution in [1.82, 2.24) is 10.3 Å². The molecule has 2 N–H and O–H groups in total. The van der Waals surface area contributed by atoms with E-state index in [9.17, 15) is 13.2 Å². The molecule has 0 saturated heterocycles. The minimum absolute atomic E-state index is 0.0142. The summed E-state index contributed by atoms with van der Waals surface area (Å²) in [6, 6.07) is 4.73. The molecule has 1 aromatic heterocycles. The van der Waals surface area contributed by atoms with Crippen LogP contribution >= 0.6 is 12.2 Å². The lowest BCUT2D eigenvalue weighted by Crippen LogP contribution is -2.32. The van der Waals surface area contributed by atoms with Crippen LogP contribution < -0.4 is 15.4 Å². The molecular weight excluding hydrogens is 339 g/mol. The molecule has 0 bridgehead atoms. The zero-order valence-electron chi connectivity index (χ0n) is 12.2. The number of thiocarbonyl (C=S) groups is 1. The van der Waals surface area contributed by atoms with E-state index in [0.717, 1.165) is 18.3 Å². The average Bonchev–Trinajstić information content (AvgIpc) is 3.26. The van der Waals surface area contributed by atoms with Crippen molar-refractivity contribution in [3.63, 3.8) is 0 Å². The van der Waals surface area contributed by atoms with Gasteiger partial charge in [0.25, 0.3) is 0 Å². The number of pyridine rings is 1. The highest BCUT2D eigenvalue weighted by Gasteiger charge is 2.57. The predicted octanol–water partition coefficient (Wildman–Crippen LogP) is 2.96. The lowest BCUT2D eigenvalue weighted by molar-refractivity contribution is 0.260. The molecule has 0 radical (unpaired) electrons. The van der Waals surface area contributed by atoms with E-state index in [2.05, 4.69) is 15.6 Å². The zero-order valence-corrected chi connectivity index (χ0v) is 13.0. The third-order valence-corrected chi connectivity index (χ3v) is 4.50. The van der Waals surface area contributed by atoms with Crippen LogP contribution in [0.3, 0.4) is 0 Å². The number of benzene rings is 1. The lowest BCUT2D eigenvalue weighted by Gasteiger charge is -2.16. The molecule has 1 aliphatic heterocycles. The van der Waals surface area contributed by atoms with E-state index < -0.39 is 17.5 Å². The number of hydrogen-bond donors (Lipinski definition) is 2. The number of fused-ring (bicyclic) bond motifs is 3. The summed E-state index contributed by atoms with van der Waals surface area (Å²) in [6.45, 7) is 0.299. The molecule has 0 spiro atoms. The van der Waals surface area contributed by atoms with Crippen LogP contribution in [-0.2, 0) is 0 Å². The standard InChI is InChI=1S/C16H12F3N3OS/c17-7-1-4-11(20-5-7)21-16(24)22-14-8-6-23-15-10(19)3-2-9(18)13(15)12(8)14/h1-5,8,12,14H,6H2,(H2,20,21,22,24). The molecule has 2 aliphatic rings. The van der Waals surface area contributed by atoms with Gasteiger partial charge in [-0.1, -0.05) is 0 Å². The van der Waals surface area contributed by atoms with Crippen LogP contribution in [0.1, 0.15) is 11.5 Å². The number of aromatic nitrogens is 1. The fourth-order valence-corrected chi connectivity index (χ4v) is 3.35. The highest BCUT2D eigenvalue weighted by Crippen LogP contribution is 2.55. The van der Waals surface area contributed by atoms with Crippen molar-refractivity contribution in [3.8, 4) is 5.75 Å². The molecule has 8 heteroatoms. The van der Waals surface area contributed by atoms with Gasteiger partial charge in [0.05, 0.1) is 12.8 Å². The summed E-state index contributed by atoms with van der Waals surface area (Å²) in [4.78, 5) is 3.85. The number of anilines is 1. The summed E-state index contributed by atoms with van der Waals surface area (Å²) in [5.74, 6) is -1.28. The monoisotopic (exact) mass is 351 g/mol. The highest BCUT2D eigenvalue weighted by molar-refractivity contribution is 7.80. The predicted molar refractivity (Wildman–Crippen MR) is 85.4 cm³/mol. The van der Waals surface area contributed by atoms with Crippen LogP contribution in [0.4, 0.5) is 19.0 Å². The third-order valence-electron chi connectivity index (χ3n) is 4.28. The summed E-state index contributed by atoms with van der Waals surface area (Å²) in [5, 5.41) is 6.18. The van der Waals surface area contributed by atoms with Crippen molar-refractivity contribution >= 4 is 23.1 Å². The Kier molecular flexibility index (Phi) is 3.56. The van der Waals surface area contributed by atoms with Gasteiger partial charge in [0.15, 0.2) is 16.7 Å². The molecule has 24 heavy (non-hydrogen) atoms. The topological polar surface area (TPSA) is 46.2 Å². The first kappa shape index (κ1) is 15.2. The highest BCUT2D eigenvalue weighted by atomic mass is 32.1. The Bertz CT molecular complexity index is 815. The van der Waals surface area contributed by atoms with Gasteiger partial charge in [-0.2, -0.15) is 0 Å². The molecule has 4 nitrogen and oxygen atoms in total. The van der Waals surface area contributed by atoms with E-state index in [4.69, 9.17) is 17.0 Å². The zero-order chi connectivity index (χ0) is 16.8. The van der Waals surface area contributed by atoms with Crippen LogP contribution in [0.5, 0.6) is 5.75 Å². The Morgan fingerprint density at radius 2 is 1.96 bits per heavy atom. The first-order valence-electron chi connectivity index (χ1n) is 7.34. The maximum atomic E-state index is 14.1. The molecule has 124 valence electrons. The number of ether oxygens (including phenoxy) is 1. The first-order chi connectivity index (χ1) is 11.5. The van der Waals surface area contributed by atoms with Gasteiger partial charge in [0, 0.05) is 23.4 Å². The summed E-state index contributed by atoms with van der Waals surface area (Å²) in [7, 11) is 0. The van der Waals surface area contributed by atoms with Gasteiger partial charge in [0.2, 0.25) is 0 Å². The summed E-state index contributed by atoms with van der Waals surface area (Å²) >= 11 is 5.20. The summed E-state index contributed by atoms with van der Waals surface area (Å²) < 4.78 is 46.0. The Hall–Kier alpha value is -2.35. The van der Waals surface area contributed by atoms with Gasteiger partial charge in [-0.15, -0.1) is 0 Å². The molecule has 0 amide bonds. The average molecular weight is 351 g/mol. The molecule has 1 aliphatic carbocycles. The lowest BCUT2D eigenvalue weighted by atomic mass is 10.0. The SMILES string of the molecule is Fc1ccc(NC(=S)NC2C3COc4c(F)ccc(F)c4C32)nc1. The number of nitrogens with one attached hydrogen (secondary N) is 2. The minimum atomic E-state index is -0.563. The Morgan fingerprint density at radius 3 is 2.71 bits per heavy atom. The summed E-state index contributed by atoms with van der Waals surface area (Å²) in [5.41, 5.74) is 0.256. The number of hydrogen-bond acceptors (Lipinski definition) is 3. The fourth-order valence-electron chi connectivity index (χ4n) is 3.11. The molecule has 1 fully saturated rings. The first-order valence-corrected chi connectivity index (χ1v) is 7.75. The molecule has 3 unspecified atom stereocenters. The van der Waals surface area contributed by atoms with E-state index in [1.807, 2.05) is 0 Å². The molecule has 4 rings (SSSR count). The second-order valence-electron chi connectivity index (χ2n) is 5.76. The van der Waals surface area contributed by atoms with E-state index in [0.29, 0.717) is 12.4 Å². The van der Waals surface area contributed by atoms with Crippen molar-refractivity contribution in [1.29, 1.82) is 0 Å². The largest absolute Gasteiger partial charge is 0.490 e. The molecular formula is C16H12F3N3OS. The van der Waals surface area contributed by atoms with E-state index in [1.54, 1.807) is 0 Å². The third kappa shape index (κ3) is 2.56. The molecule has 2 heterocycles. The maximum absolute atomic E-state index is 14.1. The van der Waals surface area contributed by atoms with Crippen molar-refractivity contribution in [2.75, 3.05) is 11.9 Å². The van der Waals surface area contributed by atoms with Crippen LogP contribution in [-0.4, -0.2) is 22.7 Å². The van der Waals surface area contributed by atoms with Gasteiger partial charge in [-0.3, -0.25) is 0 Å². The second kappa shape index (κ2) is 5.62. The van der Waals surface area contributed by atoms with Gasteiger partial charge < -0.3 is 15.4 Å². The van der Waals surface area contributed by atoms with Crippen molar-refractivity contribution in [2.24, 2.45) is 5.92 Å². The van der Waals surface area contributed by atoms with Gasteiger partial charge in [-0.05, 0) is 36.5 Å². The Balaban J connectivity index is 1.47. The van der Waals surface area contributed by atoms with Gasteiger partial charge >= 0.3 is 0 Å². The molecule has 2 aromatic rings. The van der Waals surface area contributed by atoms with Crippen LogP contribution in [0.25, 0.3) is 0 Å². The van der Waals surface area contributed by atoms with E-state index in [-0.39, 0.29) is 34.3 Å². The minimum Gasteiger partial charge on any atom is -0.490 e. The number of halogens is 3. The van der Waals surface area contributed by atoms with Crippen LogP contribution in [0.2, 0.25) is 0 Å². The number of nitrogens with zero attached hydrogens (tertiary/aromatic N) is 1. The van der Waals surface area contributed by atoms with Gasteiger partial charge in [0.1, 0.15) is 17.5 Å². The quantitative estimate of drug-likeness (QED) is 0.815. The van der Waals surface area contributed by atoms with Crippen molar-refractivity contribution in [2.45, 2.75) is 12.0 Å². The van der Waals surface area contributed by atoms with Crippen LogP contribution in [0, 0.1) is 23.4 Å². The van der Waals surface area contributed by atoms with E-state index >= 15 is 0 Å². The van der Waals surface area contributed by atoms with Crippen molar-refractivity contribution in [3.05, 3.63) is 53.5 Å². The van der Waals surface area contributed by atoms with Crippen LogP contribution in [0.15, 0.2) is 30.5 Å². The smallest absolute Gasteiger partial charge is 0.172 e. The Morgan fingerprint density at radius 1 is 1.17 bits per heavy atom. The van der Waals surface area contributed by atoms with Gasteiger partial charge in [-0.25, -0.2) is 18.2 Å². The maximum Gasteiger partial charge on any atom is 0.172 e. The fraction of sp³-hybridized carbons (Fsp3) is 0.250. The Labute approximate surface area is 141 Å². The van der Waals surface area contributed by atoms with Crippen molar-refractivity contribution < 1.29 is 17.9 Å². The summed E-state index contributed by atoms with van der Waals surface area (Å²) in [6.07, 6.45) is 1.07. The molecule has 1 aromatic carbocycles. The molecule has 1 saturated carbocycles. The number of rotatable bonds is 2. The second-order valence-corrected chi connectivity index (χ2v) is 6.17. The van der Waals surface area contributed by atoms with E-state index in [1.165, 1.54) is 12.1 Å². The molecule has 3 atom stereocenters.